The maximum Gasteiger partial charge on any atom is 0.313 e. The first-order valence-electron chi connectivity index (χ1n) is 8.68. The Kier molecular flexibility index (Phi) is 7.19. The van der Waals surface area contributed by atoms with E-state index >= 15 is 0 Å². The molecule has 7 nitrogen and oxygen atoms in total. The zero-order valence-corrected chi connectivity index (χ0v) is 15.7. The number of aliphatic hydroxyl groups is 1. The fourth-order valence-electron chi connectivity index (χ4n) is 2.37. The molecule has 3 N–H and O–H groups in total. The molecule has 2 rings (SSSR count). The van der Waals surface area contributed by atoms with Crippen molar-refractivity contribution in [2.24, 2.45) is 0 Å². The van der Waals surface area contributed by atoms with E-state index in [1.54, 1.807) is 36.4 Å². The van der Waals surface area contributed by atoms with E-state index in [2.05, 4.69) is 10.6 Å². The van der Waals surface area contributed by atoms with Crippen LogP contribution in [0, 0.1) is 0 Å². The summed E-state index contributed by atoms with van der Waals surface area (Å²) in [5.41, 5.74) is 2.15. The van der Waals surface area contributed by atoms with Gasteiger partial charge in [-0.2, -0.15) is 0 Å². The molecule has 0 spiro atoms. The van der Waals surface area contributed by atoms with Crippen LogP contribution in [0.2, 0.25) is 0 Å². The molecule has 0 bridgehead atoms. The standard InChI is InChI=1S/C20H25N3O4/c1-4-27-17-11-7-15(8-12-17)22-20(26)19(25)21-13-18(24)14-5-9-16(10-6-14)23(2)3/h5-12,18,24H,4,13H2,1-3H3,(H,21,25)(H,22,26). The minimum absolute atomic E-state index is 0.0587. The number of benzene rings is 2. The lowest BCUT2D eigenvalue weighted by atomic mass is 10.1. The highest BCUT2D eigenvalue weighted by atomic mass is 16.5. The molecule has 1 atom stereocenters. The molecule has 0 aliphatic heterocycles. The van der Waals surface area contributed by atoms with Crippen LogP contribution in [0.4, 0.5) is 11.4 Å². The van der Waals surface area contributed by atoms with E-state index in [0.29, 0.717) is 23.6 Å². The van der Waals surface area contributed by atoms with Crippen LogP contribution in [0.15, 0.2) is 48.5 Å². The minimum Gasteiger partial charge on any atom is -0.494 e. The van der Waals surface area contributed by atoms with Crippen LogP contribution >= 0.6 is 0 Å². The quantitative estimate of drug-likeness (QED) is 0.647. The van der Waals surface area contributed by atoms with Gasteiger partial charge in [-0.3, -0.25) is 9.59 Å². The molecule has 0 aliphatic rings. The van der Waals surface area contributed by atoms with E-state index in [-0.39, 0.29) is 6.54 Å². The number of hydrogen-bond acceptors (Lipinski definition) is 5. The summed E-state index contributed by atoms with van der Waals surface area (Å²) in [7, 11) is 3.85. The van der Waals surface area contributed by atoms with Gasteiger partial charge in [0.05, 0.1) is 12.7 Å². The van der Waals surface area contributed by atoms with Gasteiger partial charge in [-0.1, -0.05) is 12.1 Å². The van der Waals surface area contributed by atoms with Gasteiger partial charge in [0.15, 0.2) is 0 Å². The summed E-state index contributed by atoms with van der Waals surface area (Å²) in [6.45, 7) is 2.37. The van der Waals surface area contributed by atoms with Gasteiger partial charge in [-0.15, -0.1) is 0 Å². The van der Waals surface area contributed by atoms with E-state index in [0.717, 1.165) is 5.69 Å². The number of carbonyl (C=O) groups excluding carboxylic acids is 2. The van der Waals surface area contributed by atoms with Crippen molar-refractivity contribution < 1.29 is 19.4 Å². The fraction of sp³-hybridized carbons (Fsp3) is 0.300. The topological polar surface area (TPSA) is 90.9 Å². The van der Waals surface area contributed by atoms with Crippen molar-refractivity contribution in [3.63, 3.8) is 0 Å². The second-order valence-electron chi connectivity index (χ2n) is 6.12. The molecule has 1 unspecified atom stereocenters. The number of nitrogens with one attached hydrogen (secondary N) is 2. The predicted molar refractivity (Wildman–Crippen MR) is 105 cm³/mol. The second-order valence-corrected chi connectivity index (χ2v) is 6.12. The zero-order chi connectivity index (χ0) is 19.8. The fourth-order valence-corrected chi connectivity index (χ4v) is 2.37. The van der Waals surface area contributed by atoms with Crippen LogP contribution in [0.1, 0.15) is 18.6 Å². The van der Waals surface area contributed by atoms with Gasteiger partial charge >= 0.3 is 11.8 Å². The predicted octanol–water partition coefficient (Wildman–Crippen LogP) is 1.94. The van der Waals surface area contributed by atoms with Crippen molar-refractivity contribution >= 4 is 23.2 Å². The van der Waals surface area contributed by atoms with Crippen molar-refractivity contribution in [3.8, 4) is 5.75 Å². The number of ether oxygens (including phenoxy) is 1. The highest BCUT2D eigenvalue weighted by Crippen LogP contribution is 2.18. The Bertz CT molecular complexity index is 758. The summed E-state index contributed by atoms with van der Waals surface area (Å²) in [5, 5.41) is 15.1. The summed E-state index contributed by atoms with van der Waals surface area (Å²) >= 11 is 0. The van der Waals surface area contributed by atoms with Gasteiger partial charge in [0.25, 0.3) is 0 Å². The van der Waals surface area contributed by atoms with Crippen molar-refractivity contribution in [3.05, 3.63) is 54.1 Å². The lowest BCUT2D eigenvalue weighted by Gasteiger charge is -2.15. The molecule has 7 heteroatoms. The highest BCUT2D eigenvalue weighted by Gasteiger charge is 2.16. The Morgan fingerprint density at radius 1 is 1.04 bits per heavy atom. The van der Waals surface area contributed by atoms with Crippen LogP contribution < -0.4 is 20.3 Å². The third-order valence-electron chi connectivity index (χ3n) is 3.88. The number of rotatable bonds is 7. The van der Waals surface area contributed by atoms with Gasteiger partial charge < -0.3 is 25.4 Å². The molecule has 2 amide bonds. The number of nitrogens with zero attached hydrogens (tertiary/aromatic N) is 1. The first-order valence-corrected chi connectivity index (χ1v) is 8.68. The van der Waals surface area contributed by atoms with E-state index in [1.165, 1.54) is 0 Å². The molecule has 2 aromatic rings. The monoisotopic (exact) mass is 371 g/mol. The number of hydrogen-bond donors (Lipinski definition) is 3. The third kappa shape index (κ3) is 6.00. The molecule has 2 aromatic carbocycles. The van der Waals surface area contributed by atoms with E-state index in [1.807, 2.05) is 38.1 Å². The van der Waals surface area contributed by atoms with Crippen molar-refractivity contribution in [1.82, 2.24) is 5.32 Å². The molecule has 0 heterocycles. The SMILES string of the molecule is CCOc1ccc(NC(=O)C(=O)NCC(O)c2ccc(N(C)C)cc2)cc1. The molecule has 0 aromatic heterocycles. The largest absolute Gasteiger partial charge is 0.494 e. The maximum absolute atomic E-state index is 12.0. The second kappa shape index (κ2) is 9.59. The van der Waals surface area contributed by atoms with E-state index < -0.39 is 17.9 Å². The summed E-state index contributed by atoms with van der Waals surface area (Å²) in [4.78, 5) is 25.8. The van der Waals surface area contributed by atoms with Gasteiger partial charge in [0, 0.05) is 32.0 Å². The zero-order valence-electron chi connectivity index (χ0n) is 15.7. The molecule has 0 saturated heterocycles. The molecule has 0 saturated carbocycles. The molecular formula is C20H25N3O4. The Hall–Kier alpha value is -3.06. The molecule has 27 heavy (non-hydrogen) atoms. The van der Waals surface area contributed by atoms with Crippen LogP contribution in [0.25, 0.3) is 0 Å². The van der Waals surface area contributed by atoms with Crippen molar-refractivity contribution in [2.75, 3.05) is 37.5 Å². The number of anilines is 2. The van der Waals surface area contributed by atoms with Crippen LogP contribution in [-0.4, -0.2) is 44.2 Å². The van der Waals surface area contributed by atoms with Crippen LogP contribution in [-0.2, 0) is 9.59 Å². The van der Waals surface area contributed by atoms with E-state index in [9.17, 15) is 14.7 Å². The normalized spacial score (nSPS) is 11.4. The smallest absolute Gasteiger partial charge is 0.313 e. The molecule has 0 radical (unpaired) electrons. The van der Waals surface area contributed by atoms with Gasteiger partial charge in [0.1, 0.15) is 5.75 Å². The van der Waals surface area contributed by atoms with Crippen LogP contribution in [0.3, 0.4) is 0 Å². The van der Waals surface area contributed by atoms with Crippen molar-refractivity contribution in [1.29, 1.82) is 0 Å². The molecule has 0 fully saturated rings. The summed E-state index contributed by atoms with van der Waals surface area (Å²) in [5.74, 6) is -0.925. The van der Waals surface area contributed by atoms with Gasteiger partial charge in [-0.05, 0) is 48.9 Å². The van der Waals surface area contributed by atoms with Gasteiger partial charge in [-0.25, -0.2) is 0 Å². The number of carbonyl (C=O) groups is 2. The Balaban J connectivity index is 1.84. The first-order chi connectivity index (χ1) is 12.9. The molecular weight excluding hydrogens is 346 g/mol. The highest BCUT2D eigenvalue weighted by molar-refractivity contribution is 6.39. The summed E-state index contributed by atoms with van der Waals surface area (Å²) < 4.78 is 5.32. The molecule has 0 aliphatic carbocycles. The summed E-state index contributed by atoms with van der Waals surface area (Å²) in [6.07, 6.45) is -0.900. The molecule has 144 valence electrons. The third-order valence-corrected chi connectivity index (χ3v) is 3.88. The Labute approximate surface area is 158 Å². The lowest BCUT2D eigenvalue weighted by molar-refractivity contribution is -0.136. The number of amides is 2. The lowest BCUT2D eigenvalue weighted by Crippen LogP contribution is -2.37. The average Bonchev–Trinajstić information content (AvgIpc) is 2.67. The average molecular weight is 371 g/mol. The number of aliphatic hydroxyl groups excluding tert-OH is 1. The minimum atomic E-state index is -0.900. The van der Waals surface area contributed by atoms with E-state index in [4.69, 9.17) is 4.74 Å². The first kappa shape index (κ1) is 20.3. The Morgan fingerprint density at radius 2 is 1.67 bits per heavy atom. The maximum atomic E-state index is 12.0. The van der Waals surface area contributed by atoms with Crippen molar-refractivity contribution in [2.45, 2.75) is 13.0 Å². The Morgan fingerprint density at radius 3 is 2.22 bits per heavy atom. The summed E-state index contributed by atoms with van der Waals surface area (Å²) in [6, 6.07) is 14.0. The van der Waals surface area contributed by atoms with Crippen LogP contribution in [0.5, 0.6) is 5.75 Å². The van der Waals surface area contributed by atoms with Gasteiger partial charge in [0.2, 0.25) is 0 Å².